The molecule has 0 aliphatic rings. The van der Waals surface area contributed by atoms with Gasteiger partial charge in [0.15, 0.2) is 5.69 Å². The summed E-state index contributed by atoms with van der Waals surface area (Å²) >= 11 is 6.21. The van der Waals surface area contributed by atoms with Crippen LogP contribution in [0.5, 0.6) is 0 Å². The number of nitrogens with one attached hydrogen (secondary N) is 1. The first-order valence-electron chi connectivity index (χ1n) is 9.92. The number of hydrogen-bond donors (Lipinski definition) is 1. The third-order valence-electron chi connectivity index (χ3n) is 5.00. The molecule has 170 valence electrons. The van der Waals surface area contributed by atoms with Crippen LogP contribution in [0.25, 0.3) is 16.9 Å². The molecule has 1 amide bonds. The predicted octanol–water partition coefficient (Wildman–Crippen LogP) is 5.52. The molecule has 0 fully saturated rings. The van der Waals surface area contributed by atoms with Crippen LogP contribution in [0.15, 0.2) is 60.8 Å². The number of aryl methyl sites for hydroxylation is 1. The van der Waals surface area contributed by atoms with Gasteiger partial charge in [-0.25, -0.2) is 9.67 Å². The van der Waals surface area contributed by atoms with E-state index in [1.54, 1.807) is 61.8 Å². The summed E-state index contributed by atoms with van der Waals surface area (Å²) in [4.78, 5) is 21.5. The van der Waals surface area contributed by atoms with E-state index in [1.165, 1.54) is 4.90 Å². The van der Waals surface area contributed by atoms with Crippen molar-refractivity contribution in [2.75, 3.05) is 7.05 Å². The molecule has 10 heteroatoms. The normalized spacial score (nSPS) is 11.6. The van der Waals surface area contributed by atoms with E-state index in [0.29, 0.717) is 29.2 Å². The van der Waals surface area contributed by atoms with E-state index < -0.39 is 11.9 Å². The number of carbonyl (C=O) groups is 1. The second kappa shape index (κ2) is 8.74. The SMILES string of the molecule is Cc1cnc(CN(C)C(=O)c2ccc(-c3cc(C(F)(F)F)nn3-c3ccccc3Cl)cc2)[nH]1. The molecule has 0 bridgehead atoms. The van der Waals surface area contributed by atoms with Gasteiger partial charge in [0.05, 0.1) is 22.9 Å². The molecule has 0 unspecified atom stereocenters. The maximum atomic E-state index is 13.4. The van der Waals surface area contributed by atoms with Crippen LogP contribution in [0.1, 0.15) is 27.6 Å². The Morgan fingerprint density at radius 2 is 1.85 bits per heavy atom. The molecule has 0 radical (unpaired) electrons. The van der Waals surface area contributed by atoms with Crippen LogP contribution in [0.3, 0.4) is 0 Å². The van der Waals surface area contributed by atoms with Crippen molar-refractivity contribution in [1.29, 1.82) is 0 Å². The van der Waals surface area contributed by atoms with E-state index in [9.17, 15) is 18.0 Å². The van der Waals surface area contributed by atoms with Gasteiger partial charge in [-0.05, 0) is 37.3 Å². The lowest BCUT2D eigenvalue weighted by molar-refractivity contribution is -0.141. The Balaban J connectivity index is 1.65. The number of imidazole rings is 1. The second-order valence-electron chi connectivity index (χ2n) is 7.53. The van der Waals surface area contributed by atoms with Crippen LogP contribution in [-0.2, 0) is 12.7 Å². The monoisotopic (exact) mass is 473 g/mol. The molecule has 0 atom stereocenters. The second-order valence-corrected chi connectivity index (χ2v) is 7.93. The van der Waals surface area contributed by atoms with E-state index in [-0.39, 0.29) is 16.6 Å². The maximum absolute atomic E-state index is 13.4. The van der Waals surface area contributed by atoms with Gasteiger partial charge < -0.3 is 9.88 Å². The van der Waals surface area contributed by atoms with Crippen LogP contribution >= 0.6 is 11.6 Å². The lowest BCUT2D eigenvalue weighted by atomic mass is 10.1. The minimum absolute atomic E-state index is 0.203. The summed E-state index contributed by atoms with van der Waals surface area (Å²) in [5.41, 5.74) is 1.23. The molecule has 6 nitrogen and oxygen atoms in total. The molecular weight excluding hydrogens is 455 g/mol. The summed E-state index contributed by atoms with van der Waals surface area (Å²) in [7, 11) is 1.65. The van der Waals surface area contributed by atoms with Crippen molar-refractivity contribution < 1.29 is 18.0 Å². The highest BCUT2D eigenvalue weighted by Gasteiger charge is 2.35. The van der Waals surface area contributed by atoms with Crippen LogP contribution in [-0.4, -0.2) is 37.6 Å². The molecule has 4 rings (SSSR count). The van der Waals surface area contributed by atoms with Crippen molar-refractivity contribution in [3.8, 4) is 16.9 Å². The van der Waals surface area contributed by atoms with Crippen molar-refractivity contribution in [2.45, 2.75) is 19.6 Å². The van der Waals surface area contributed by atoms with E-state index in [1.807, 2.05) is 6.92 Å². The predicted molar refractivity (Wildman–Crippen MR) is 118 cm³/mol. The first-order valence-corrected chi connectivity index (χ1v) is 10.3. The fourth-order valence-electron chi connectivity index (χ4n) is 3.38. The summed E-state index contributed by atoms with van der Waals surface area (Å²) in [6, 6.07) is 13.8. The summed E-state index contributed by atoms with van der Waals surface area (Å²) in [6.07, 6.45) is -2.94. The summed E-state index contributed by atoms with van der Waals surface area (Å²) in [5.74, 6) is 0.412. The van der Waals surface area contributed by atoms with E-state index in [4.69, 9.17) is 11.6 Å². The molecule has 1 N–H and O–H groups in total. The van der Waals surface area contributed by atoms with Crippen LogP contribution in [0, 0.1) is 6.92 Å². The van der Waals surface area contributed by atoms with Gasteiger partial charge in [-0.1, -0.05) is 35.9 Å². The molecule has 4 aromatic rings. The number of hydrogen-bond acceptors (Lipinski definition) is 3. The number of halogens is 4. The van der Waals surface area contributed by atoms with Gasteiger partial charge in [-0.15, -0.1) is 0 Å². The number of aromatic nitrogens is 4. The topological polar surface area (TPSA) is 66.8 Å². The Kier molecular flexibility index (Phi) is 5.99. The number of carbonyl (C=O) groups excluding carboxylic acids is 1. The highest BCUT2D eigenvalue weighted by Crippen LogP contribution is 2.34. The average molecular weight is 474 g/mol. The van der Waals surface area contributed by atoms with Gasteiger partial charge in [0.25, 0.3) is 5.91 Å². The first kappa shape index (κ1) is 22.6. The zero-order valence-corrected chi connectivity index (χ0v) is 18.4. The number of benzene rings is 2. The zero-order valence-electron chi connectivity index (χ0n) is 17.7. The van der Waals surface area contributed by atoms with Crippen molar-refractivity contribution in [3.05, 3.63) is 88.6 Å². The van der Waals surface area contributed by atoms with Gasteiger partial charge in [0.1, 0.15) is 5.82 Å². The van der Waals surface area contributed by atoms with E-state index in [2.05, 4.69) is 15.1 Å². The van der Waals surface area contributed by atoms with Crippen LogP contribution in [0.2, 0.25) is 5.02 Å². The smallest absolute Gasteiger partial charge is 0.345 e. The maximum Gasteiger partial charge on any atom is 0.435 e. The van der Waals surface area contributed by atoms with E-state index in [0.717, 1.165) is 16.4 Å². The van der Waals surface area contributed by atoms with Gasteiger partial charge in [0.2, 0.25) is 0 Å². The van der Waals surface area contributed by atoms with Gasteiger partial charge >= 0.3 is 6.18 Å². The van der Waals surface area contributed by atoms with Crippen molar-refractivity contribution in [3.63, 3.8) is 0 Å². The largest absolute Gasteiger partial charge is 0.435 e. The molecule has 2 aromatic heterocycles. The number of H-pyrrole nitrogens is 1. The Hall–Kier alpha value is -3.59. The molecular formula is C23H19ClF3N5O. The Bertz CT molecular complexity index is 1290. The minimum Gasteiger partial charge on any atom is -0.345 e. The lowest BCUT2D eigenvalue weighted by Crippen LogP contribution is -2.26. The molecule has 2 aromatic carbocycles. The molecule has 2 heterocycles. The number of aromatic amines is 1. The molecule has 0 spiro atoms. The fraction of sp³-hybridized carbons (Fsp3) is 0.174. The van der Waals surface area contributed by atoms with E-state index >= 15 is 0 Å². The molecule has 0 aliphatic heterocycles. The van der Waals surface area contributed by atoms with Crippen molar-refractivity contribution in [1.82, 2.24) is 24.6 Å². The number of rotatable bonds is 5. The molecule has 0 saturated heterocycles. The molecule has 33 heavy (non-hydrogen) atoms. The molecule has 0 saturated carbocycles. The average Bonchev–Trinajstić information content (AvgIpc) is 3.40. The number of amides is 1. The summed E-state index contributed by atoms with van der Waals surface area (Å²) in [5, 5.41) is 4.01. The van der Waals surface area contributed by atoms with Crippen LogP contribution < -0.4 is 0 Å². The summed E-state index contributed by atoms with van der Waals surface area (Å²) < 4.78 is 41.3. The third-order valence-corrected chi connectivity index (χ3v) is 5.32. The van der Waals surface area contributed by atoms with Gasteiger partial charge in [-0.2, -0.15) is 18.3 Å². The highest BCUT2D eigenvalue weighted by molar-refractivity contribution is 6.32. The highest BCUT2D eigenvalue weighted by atomic mass is 35.5. The molecule has 0 aliphatic carbocycles. The zero-order chi connectivity index (χ0) is 23.8. The Labute approximate surface area is 192 Å². The lowest BCUT2D eigenvalue weighted by Gasteiger charge is -2.16. The first-order chi connectivity index (χ1) is 15.6. The standard InChI is InChI=1S/C23H19ClF3N5O/c1-14-12-28-21(29-14)13-31(2)22(33)16-9-7-15(8-10-16)19-11-20(23(25,26)27)30-32(19)18-6-4-3-5-17(18)24/h3-12H,13H2,1-2H3,(H,28,29). The fourth-order valence-corrected chi connectivity index (χ4v) is 3.60. The number of nitrogens with zero attached hydrogens (tertiary/aromatic N) is 4. The van der Waals surface area contributed by atoms with Gasteiger partial charge in [0, 0.05) is 30.1 Å². The minimum atomic E-state index is -4.62. The Morgan fingerprint density at radius 3 is 2.45 bits per heavy atom. The Morgan fingerprint density at radius 1 is 1.15 bits per heavy atom. The van der Waals surface area contributed by atoms with Crippen LogP contribution in [0.4, 0.5) is 13.2 Å². The van der Waals surface area contributed by atoms with Gasteiger partial charge in [-0.3, -0.25) is 4.79 Å². The summed E-state index contributed by atoms with van der Waals surface area (Å²) in [6.45, 7) is 2.16. The van der Waals surface area contributed by atoms with Crippen molar-refractivity contribution >= 4 is 17.5 Å². The number of para-hydroxylation sites is 1. The third kappa shape index (κ3) is 4.78. The number of alkyl halides is 3. The van der Waals surface area contributed by atoms with Crippen molar-refractivity contribution in [2.24, 2.45) is 0 Å². The quantitative estimate of drug-likeness (QED) is 0.415.